The van der Waals surface area contributed by atoms with Crippen LogP contribution in [0.15, 0.2) is 30.5 Å². The molecule has 2 aliphatic heterocycles. The average molecular weight is 484 g/mol. The van der Waals surface area contributed by atoms with Gasteiger partial charge in [-0.15, -0.1) is 10.2 Å². The molecule has 3 aliphatic rings. The van der Waals surface area contributed by atoms with Crippen LogP contribution in [0.4, 0.5) is 20.4 Å². The summed E-state index contributed by atoms with van der Waals surface area (Å²) in [6.07, 6.45) is 4.03. The molecule has 184 valence electrons. The molecule has 0 radical (unpaired) electrons. The molecule has 2 bridgehead atoms. The summed E-state index contributed by atoms with van der Waals surface area (Å²) in [5.41, 5.74) is 1.28. The van der Waals surface area contributed by atoms with Crippen LogP contribution in [-0.2, 0) is 11.3 Å². The van der Waals surface area contributed by atoms with Crippen molar-refractivity contribution < 1.29 is 18.3 Å². The SMILES string of the molecule is COc1cc(N2CC3CC[C@@H](C2)C3Nc2nc3n(n2)CCCO[C@H]3c2ccc(F)cc2F)cnn1. The number of hydrogen-bond acceptors (Lipinski definition) is 8. The van der Waals surface area contributed by atoms with Gasteiger partial charge in [-0.2, -0.15) is 10.1 Å². The Morgan fingerprint density at radius 2 is 1.97 bits per heavy atom. The Kier molecular flexibility index (Phi) is 5.71. The van der Waals surface area contributed by atoms with Crippen LogP contribution in [0, 0.1) is 23.5 Å². The Morgan fingerprint density at radius 1 is 1.14 bits per heavy atom. The first-order valence-corrected chi connectivity index (χ1v) is 12.0. The molecule has 1 aliphatic carbocycles. The number of ether oxygens (including phenoxy) is 2. The highest BCUT2D eigenvalue weighted by Crippen LogP contribution is 2.40. The number of aromatic nitrogens is 5. The molecule has 0 amide bonds. The molecule has 4 heterocycles. The topological polar surface area (TPSA) is 90.2 Å². The first-order chi connectivity index (χ1) is 17.1. The third-order valence-electron chi connectivity index (χ3n) is 7.30. The lowest BCUT2D eigenvalue weighted by atomic mass is 9.92. The van der Waals surface area contributed by atoms with Gasteiger partial charge in [0.25, 0.3) is 0 Å². The molecule has 1 N–H and O–H groups in total. The van der Waals surface area contributed by atoms with Crippen LogP contribution < -0.4 is 15.0 Å². The molecule has 2 aromatic heterocycles. The van der Waals surface area contributed by atoms with E-state index in [9.17, 15) is 8.78 Å². The van der Waals surface area contributed by atoms with Gasteiger partial charge in [-0.1, -0.05) is 6.07 Å². The Bertz CT molecular complexity index is 1210. The number of nitrogens with zero attached hydrogens (tertiary/aromatic N) is 6. The molecule has 35 heavy (non-hydrogen) atoms. The summed E-state index contributed by atoms with van der Waals surface area (Å²) in [6, 6.07) is 5.71. The van der Waals surface area contributed by atoms with Gasteiger partial charge in [0.05, 0.1) is 19.0 Å². The second kappa shape index (κ2) is 9.03. The Labute approximate surface area is 201 Å². The number of benzene rings is 1. The fraction of sp³-hybridized carbons (Fsp3) is 0.500. The standard InChI is InChI=1S/C24H27F2N7O2/c1-34-20-10-17(11-27-30-20)32-12-14-3-4-15(13-32)21(14)28-24-29-23-22(35-8-2-7-33(23)31-24)18-6-5-16(25)9-19(18)26/h5-6,9-11,14-15,21-22H,2-4,7-8,12-13H2,1H3,(H,28,31)/t14-,15?,21?,22-/m0/s1. The summed E-state index contributed by atoms with van der Waals surface area (Å²) in [6.45, 7) is 2.87. The van der Waals surface area contributed by atoms with Crippen molar-refractivity contribution in [3.05, 3.63) is 53.5 Å². The molecule has 9 nitrogen and oxygen atoms in total. The highest BCUT2D eigenvalue weighted by molar-refractivity contribution is 5.48. The number of aryl methyl sites for hydroxylation is 1. The van der Waals surface area contributed by atoms with Crippen molar-refractivity contribution in [1.29, 1.82) is 0 Å². The van der Waals surface area contributed by atoms with Crippen molar-refractivity contribution in [1.82, 2.24) is 25.0 Å². The number of halogens is 2. The van der Waals surface area contributed by atoms with E-state index in [1.54, 1.807) is 18.0 Å². The van der Waals surface area contributed by atoms with Gasteiger partial charge in [0, 0.05) is 50.0 Å². The summed E-state index contributed by atoms with van der Waals surface area (Å²) in [7, 11) is 1.59. The van der Waals surface area contributed by atoms with Gasteiger partial charge < -0.3 is 19.7 Å². The minimum atomic E-state index is -0.728. The van der Waals surface area contributed by atoms with E-state index in [2.05, 4.69) is 20.4 Å². The molecule has 2 unspecified atom stereocenters. The third kappa shape index (κ3) is 4.18. The van der Waals surface area contributed by atoms with Crippen molar-refractivity contribution in [3.8, 4) is 5.88 Å². The summed E-state index contributed by atoms with van der Waals surface area (Å²) in [5, 5.41) is 16.3. The van der Waals surface area contributed by atoms with Crippen LogP contribution in [0.2, 0.25) is 0 Å². The van der Waals surface area contributed by atoms with Gasteiger partial charge in [0.15, 0.2) is 5.82 Å². The second-order valence-corrected chi connectivity index (χ2v) is 9.42. The monoisotopic (exact) mass is 483 g/mol. The lowest BCUT2D eigenvalue weighted by Gasteiger charge is -2.39. The quantitative estimate of drug-likeness (QED) is 0.592. The fourth-order valence-corrected chi connectivity index (χ4v) is 5.64. The zero-order chi connectivity index (χ0) is 23.9. The molecule has 3 aromatic rings. The van der Waals surface area contributed by atoms with Crippen LogP contribution in [0.3, 0.4) is 0 Å². The number of hydrogen-bond donors (Lipinski definition) is 1. The number of rotatable bonds is 5. The van der Waals surface area contributed by atoms with Gasteiger partial charge >= 0.3 is 0 Å². The van der Waals surface area contributed by atoms with E-state index in [1.165, 1.54) is 12.1 Å². The van der Waals surface area contributed by atoms with Gasteiger partial charge in [0.1, 0.15) is 17.7 Å². The van der Waals surface area contributed by atoms with Gasteiger partial charge in [-0.25, -0.2) is 13.5 Å². The zero-order valence-electron chi connectivity index (χ0n) is 19.4. The number of piperidine rings is 1. The Morgan fingerprint density at radius 3 is 2.74 bits per heavy atom. The van der Waals surface area contributed by atoms with Crippen LogP contribution in [0.25, 0.3) is 0 Å². The Hall–Kier alpha value is -3.34. The fourth-order valence-electron chi connectivity index (χ4n) is 5.64. The van der Waals surface area contributed by atoms with Crippen molar-refractivity contribution in [2.45, 2.75) is 38.0 Å². The summed E-state index contributed by atoms with van der Waals surface area (Å²) < 4.78 is 41.0. The number of anilines is 2. The third-order valence-corrected chi connectivity index (χ3v) is 7.30. The van der Waals surface area contributed by atoms with Gasteiger partial charge in [0.2, 0.25) is 11.8 Å². The van der Waals surface area contributed by atoms with Crippen LogP contribution in [0.5, 0.6) is 5.88 Å². The summed E-state index contributed by atoms with van der Waals surface area (Å²) in [4.78, 5) is 7.07. The number of nitrogens with one attached hydrogen (secondary N) is 1. The van der Waals surface area contributed by atoms with Crippen LogP contribution >= 0.6 is 0 Å². The maximum Gasteiger partial charge on any atom is 0.242 e. The predicted octanol–water partition coefficient (Wildman–Crippen LogP) is 3.19. The van der Waals surface area contributed by atoms with Gasteiger partial charge in [-0.3, -0.25) is 0 Å². The molecule has 11 heteroatoms. The molecular formula is C24H27F2N7O2. The largest absolute Gasteiger partial charge is 0.480 e. The van der Waals surface area contributed by atoms with Crippen molar-refractivity contribution in [2.75, 3.05) is 37.0 Å². The average Bonchev–Trinajstić information content (AvgIpc) is 3.27. The summed E-state index contributed by atoms with van der Waals surface area (Å²) >= 11 is 0. The first kappa shape index (κ1) is 22.1. The Balaban J connectivity index is 1.21. The van der Waals surface area contributed by atoms with E-state index in [0.29, 0.717) is 42.6 Å². The van der Waals surface area contributed by atoms with Crippen molar-refractivity contribution in [3.63, 3.8) is 0 Å². The molecule has 1 aromatic carbocycles. The maximum atomic E-state index is 14.6. The lowest BCUT2D eigenvalue weighted by molar-refractivity contribution is 0.0787. The highest BCUT2D eigenvalue weighted by Gasteiger charge is 2.43. The maximum absolute atomic E-state index is 14.6. The lowest BCUT2D eigenvalue weighted by Crippen LogP contribution is -2.48. The number of methoxy groups -OCH3 is 1. The minimum Gasteiger partial charge on any atom is -0.480 e. The smallest absolute Gasteiger partial charge is 0.242 e. The zero-order valence-corrected chi connectivity index (χ0v) is 19.4. The molecule has 1 saturated heterocycles. The molecule has 1 saturated carbocycles. The first-order valence-electron chi connectivity index (χ1n) is 12.0. The van der Waals surface area contributed by atoms with Crippen LogP contribution in [0.1, 0.15) is 36.8 Å². The molecular weight excluding hydrogens is 456 g/mol. The van der Waals surface area contributed by atoms with E-state index in [-0.39, 0.29) is 11.6 Å². The molecule has 2 fully saturated rings. The predicted molar refractivity (Wildman–Crippen MR) is 123 cm³/mol. The van der Waals surface area contributed by atoms with E-state index in [0.717, 1.165) is 44.1 Å². The van der Waals surface area contributed by atoms with Crippen molar-refractivity contribution >= 4 is 11.6 Å². The van der Waals surface area contributed by atoms with E-state index < -0.39 is 17.7 Å². The highest BCUT2D eigenvalue weighted by atomic mass is 19.1. The number of fused-ring (bicyclic) bond motifs is 3. The molecule has 0 spiro atoms. The minimum absolute atomic E-state index is 0.247. The van der Waals surface area contributed by atoms with E-state index in [4.69, 9.17) is 19.6 Å². The van der Waals surface area contributed by atoms with Gasteiger partial charge in [-0.05, 0) is 37.2 Å². The van der Waals surface area contributed by atoms with E-state index >= 15 is 0 Å². The molecule has 4 atom stereocenters. The van der Waals surface area contributed by atoms with E-state index in [1.807, 2.05) is 6.07 Å². The normalized spacial score (nSPS) is 25.7. The van der Waals surface area contributed by atoms with Crippen molar-refractivity contribution in [2.24, 2.45) is 11.8 Å². The second-order valence-electron chi connectivity index (χ2n) is 9.42. The molecule has 6 rings (SSSR count). The van der Waals surface area contributed by atoms with Crippen LogP contribution in [-0.4, -0.2) is 57.8 Å². The summed E-state index contributed by atoms with van der Waals surface area (Å²) in [5.74, 6) is 1.17.